The summed E-state index contributed by atoms with van der Waals surface area (Å²) in [7, 11) is -3.10. The lowest BCUT2D eigenvalue weighted by atomic mass is 9.90. The number of nitrogens with one attached hydrogen (secondary N) is 3. The summed E-state index contributed by atoms with van der Waals surface area (Å²) >= 11 is 0. The van der Waals surface area contributed by atoms with Gasteiger partial charge in [0, 0.05) is 50.7 Å². The number of sulfonamides is 1. The number of fused-ring (bicyclic) bond motifs is 1. The summed E-state index contributed by atoms with van der Waals surface area (Å²) in [5.41, 5.74) is 2.03. The average Bonchev–Trinajstić information content (AvgIpc) is 2.69. The molecule has 168 valence electrons. The number of anilines is 1. The van der Waals surface area contributed by atoms with Gasteiger partial charge in [0.05, 0.1) is 6.26 Å². The van der Waals surface area contributed by atoms with E-state index in [4.69, 9.17) is 4.99 Å². The molecular weight excluding hydrogens is 517 g/mol. The van der Waals surface area contributed by atoms with Gasteiger partial charge in [-0.2, -0.15) is 0 Å². The molecule has 0 bridgehead atoms. The molecule has 3 N–H and O–H groups in total. The lowest BCUT2D eigenvalue weighted by molar-refractivity contribution is -0.116. The molecular formula is C20H32IN5O3S. The van der Waals surface area contributed by atoms with E-state index in [0.29, 0.717) is 38.5 Å². The summed E-state index contributed by atoms with van der Waals surface area (Å²) < 4.78 is 24.8. The van der Waals surface area contributed by atoms with Crippen molar-refractivity contribution in [1.82, 2.24) is 14.9 Å². The fourth-order valence-electron chi connectivity index (χ4n) is 3.89. The monoisotopic (exact) mass is 549 g/mol. The topological polar surface area (TPSA) is 103 Å². The SMILES string of the molecule is CCNC(=NCC1CCN(S(C)(=O)=O)CC1)NCC1CC(=O)Nc2ccccc21.I. The number of hydrogen-bond donors (Lipinski definition) is 3. The predicted octanol–water partition coefficient (Wildman–Crippen LogP) is 1.96. The molecule has 1 amide bonds. The number of carbonyl (C=O) groups is 1. The van der Waals surface area contributed by atoms with Crippen LogP contribution in [-0.4, -0.2) is 63.6 Å². The van der Waals surface area contributed by atoms with Crippen molar-refractivity contribution in [2.75, 3.05) is 44.3 Å². The van der Waals surface area contributed by atoms with Gasteiger partial charge in [-0.15, -0.1) is 24.0 Å². The second-order valence-electron chi connectivity index (χ2n) is 7.74. The Kier molecular flexibility index (Phi) is 9.35. The average molecular weight is 549 g/mol. The minimum absolute atomic E-state index is 0. The van der Waals surface area contributed by atoms with Crippen LogP contribution in [0.15, 0.2) is 29.3 Å². The van der Waals surface area contributed by atoms with E-state index < -0.39 is 10.0 Å². The first-order valence-electron chi connectivity index (χ1n) is 10.2. The molecule has 0 aromatic heterocycles. The van der Waals surface area contributed by atoms with Crippen molar-refractivity contribution in [2.24, 2.45) is 10.9 Å². The van der Waals surface area contributed by atoms with Crippen LogP contribution < -0.4 is 16.0 Å². The highest BCUT2D eigenvalue weighted by Crippen LogP contribution is 2.31. The van der Waals surface area contributed by atoms with Crippen molar-refractivity contribution < 1.29 is 13.2 Å². The molecule has 8 nitrogen and oxygen atoms in total. The van der Waals surface area contributed by atoms with E-state index in [9.17, 15) is 13.2 Å². The zero-order valence-corrected chi connectivity index (χ0v) is 20.7. The number of hydrogen-bond acceptors (Lipinski definition) is 4. The highest BCUT2D eigenvalue weighted by molar-refractivity contribution is 14.0. The normalized spacial score (nSPS) is 20.7. The van der Waals surface area contributed by atoms with E-state index in [2.05, 4.69) is 22.0 Å². The van der Waals surface area contributed by atoms with Gasteiger partial charge in [-0.05, 0) is 37.3 Å². The lowest BCUT2D eigenvalue weighted by Gasteiger charge is -2.29. The van der Waals surface area contributed by atoms with Gasteiger partial charge in [0.25, 0.3) is 0 Å². The summed E-state index contributed by atoms with van der Waals surface area (Å²) in [5.74, 6) is 1.25. The van der Waals surface area contributed by atoms with Gasteiger partial charge in [0.2, 0.25) is 15.9 Å². The van der Waals surface area contributed by atoms with Crippen LogP contribution in [-0.2, 0) is 14.8 Å². The largest absolute Gasteiger partial charge is 0.357 e. The van der Waals surface area contributed by atoms with Crippen LogP contribution in [0.2, 0.25) is 0 Å². The van der Waals surface area contributed by atoms with Crippen LogP contribution in [0.5, 0.6) is 0 Å². The maximum atomic E-state index is 12.0. The van der Waals surface area contributed by atoms with Gasteiger partial charge in [-0.3, -0.25) is 9.79 Å². The van der Waals surface area contributed by atoms with Crippen LogP contribution in [0.25, 0.3) is 0 Å². The molecule has 2 aliphatic rings. The Morgan fingerprint density at radius 1 is 1.23 bits per heavy atom. The molecule has 1 saturated heterocycles. The molecule has 10 heteroatoms. The first-order valence-corrected chi connectivity index (χ1v) is 12.1. The number of carbonyl (C=O) groups excluding carboxylic acids is 1. The zero-order valence-electron chi connectivity index (χ0n) is 17.6. The van der Waals surface area contributed by atoms with Gasteiger partial charge in [0.1, 0.15) is 0 Å². The molecule has 0 radical (unpaired) electrons. The fraction of sp³-hybridized carbons (Fsp3) is 0.600. The van der Waals surface area contributed by atoms with Crippen molar-refractivity contribution in [3.63, 3.8) is 0 Å². The Morgan fingerprint density at radius 2 is 1.93 bits per heavy atom. The highest BCUT2D eigenvalue weighted by Gasteiger charge is 2.26. The summed E-state index contributed by atoms with van der Waals surface area (Å²) in [5, 5.41) is 9.56. The molecule has 30 heavy (non-hydrogen) atoms. The zero-order chi connectivity index (χ0) is 20.9. The third-order valence-electron chi connectivity index (χ3n) is 5.52. The van der Waals surface area contributed by atoms with Gasteiger partial charge in [-0.25, -0.2) is 12.7 Å². The van der Waals surface area contributed by atoms with Crippen LogP contribution >= 0.6 is 24.0 Å². The van der Waals surface area contributed by atoms with Gasteiger partial charge in [-0.1, -0.05) is 18.2 Å². The Labute approximate surface area is 196 Å². The smallest absolute Gasteiger partial charge is 0.225 e. The molecule has 1 unspecified atom stereocenters. The third kappa shape index (κ3) is 6.81. The van der Waals surface area contributed by atoms with E-state index in [1.54, 1.807) is 4.31 Å². The number of rotatable bonds is 6. The van der Waals surface area contributed by atoms with E-state index in [1.165, 1.54) is 6.26 Å². The van der Waals surface area contributed by atoms with Crippen molar-refractivity contribution in [2.45, 2.75) is 32.1 Å². The van der Waals surface area contributed by atoms with E-state index in [0.717, 1.165) is 36.6 Å². The van der Waals surface area contributed by atoms with Crippen molar-refractivity contribution in [3.05, 3.63) is 29.8 Å². The number of nitrogens with zero attached hydrogens (tertiary/aromatic N) is 2. The Morgan fingerprint density at radius 3 is 2.60 bits per heavy atom. The van der Waals surface area contributed by atoms with Crippen LogP contribution in [0.3, 0.4) is 0 Å². The maximum Gasteiger partial charge on any atom is 0.225 e. The van der Waals surface area contributed by atoms with Gasteiger partial charge in [0.15, 0.2) is 5.96 Å². The number of benzene rings is 1. The van der Waals surface area contributed by atoms with E-state index >= 15 is 0 Å². The molecule has 1 fully saturated rings. The molecule has 3 rings (SSSR count). The standard InChI is InChI=1S/C20H31N5O3S.HI/c1-3-21-20(22-13-15-8-10-25(11-9-15)29(2,27)28)23-14-16-12-19(26)24-18-7-5-4-6-17(16)18;/h4-7,15-16H,3,8-14H2,1-2H3,(H,24,26)(H2,21,22,23);1H. The molecule has 0 spiro atoms. The lowest BCUT2D eigenvalue weighted by Crippen LogP contribution is -2.42. The fourth-order valence-corrected chi connectivity index (χ4v) is 4.76. The number of piperidine rings is 1. The van der Waals surface area contributed by atoms with Crippen LogP contribution in [0.1, 0.15) is 37.7 Å². The Bertz CT molecular complexity index is 854. The number of halogens is 1. The van der Waals surface area contributed by atoms with E-state index in [-0.39, 0.29) is 35.8 Å². The summed E-state index contributed by atoms with van der Waals surface area (Å²) in [4.78, 5) is 16.7. The first kappa shape index (κ1) is 24.9. The molecule has 2 heterocycles. The number of para-hydroxylation sites is 1. The molecule has 1 aromatic rings. The minimum Gasteiger partial charge on any atom is -0.357 e. The quantitative estimate of drug-likeness (QED) is 0.286. The van der Waals surface area contributed by atoms with Crippen molar-refractivity contribution >= 4 is 51.6 Å². The molecule has 0 saturated carbocycles. The number of amides is 1. The number of aliphatic imine (C=N–C) groups is 1. The molecule has 1 aromatic carbocycles. The Hall–Kier alpha value is -1.40. The highest BCUT2D eigenvalue weighted by atomic mass is 127. The molecule has 2 aliphatic heterocycles. The van der Waals surface area contributed by atoms with Crippen LogP contribution in [0, 0.1) is 5.92 Å². The molecule has 0 aliphatic carbocycles. The Balaban J connectivity index is 0.00000320. The van der Waals surface area contributed by atoms with E-state index in [1.807, 2.05) is 25.1 Å². The molecule has 1 atom stereocenters. The van der Waals surface area contributed by atoms with Crippen molar-refractivity contribution in [1.29, 1.82) is 0 Å². The predicted molar refractivity (Wildman–Crippen MR) is 131 cm³/mol. The second kappa shape index (κ2) is 11.3. The summed E-state index contributed by atoms with van der Waals surface area (Å²) in [6, 6.07) is 7.91. The van der Waals surface area contributed by atoms with Crippen LogP contribution in [0.4, 0.5) is 5.69 Å². The summed E-state index contributed by atoms with van der Waals surface area (Å²) in [6.07, 6.45) is 3.37. The van der Waals surface area contributed by atoms with Gasteiger partial charge >= 0.3 is 0 Å². The number of guanidine groups is 1. The third-order valence-corrected chi connectivity index (χ3v) is 6.82. The van der Waals surface area contributed by atoms with Crippen molar-refractivity contribution in [3.8, 4) is 0 Å². The first-order chi connectivity index (χ1) is 13.9. The maximum absolute atomic E-state index is 12.0. The summed E-state index contributed by atoms with van der Waals surface area (Å²) in [6.45, 7) is 5.19. The minimum atomic E-state index is -3.10. The second-order valence-corrected chi connectivity index (χ2v) is 9.72. The van der Waals surface area contributed by atoms with Gasteiger partial charge < -0.3 is 16.0 Å².